The fourth-order valence-electron chi connectivity index (χ4n) is 2.54. The molecule has 20 heavy (non-hydrogen) atoms. The minimum Gasteiger partial charge on any atom is -0.481 e. The monoisotopic (exact) mass is 293 g/mol. The van der Waals surface area contributed by atoms with Crippen LogP contribution in [-0.4, -0.2) is 38.7 Å². The first-order valence-corrected chi connectivity index (χ1v) is 7.47. The van der Waals surface area contributed by atoms with Crippen molar-refractivity contribution in [3.05, 3.63) is 22.7 Å². The molecule has 3 heterocycles. The molecular formula is C13H15N3O3S. The largest absolute Gasteiger partial charge is 0.481 e. The number of carboxylic acid groups (broad SMARTS) is 1. The summed E-state index contributed by atoms with van der Waals surface area (Å²) in [7, 11) is 0. The molecule has 6 nitrogen and oxygen atoms in total. The Labute approximate surface area is 120 Å². The number of nitrogens with zero attached hydrogens (tertiary/aromatic N) is 3. The van der Waals surface area contributed by atoms with Gasteiger partial charge >= 0.3 is 5.97 Å². The molecule has 0 spiro atoms. The highest BCUT2D eigenvalue weighted by Crippen LogP contribution is 2.24. The molecule has 0 radical (unpaired) electrons. The van der Waals surface area contributed by atoms with E-state index < -0.39 is 5.97 Å². The molecule has 3 rings (SSSR count). The summed E-state index contributed by atoms with van der Waals surface area (Å²) in [5.41, 5.74) is 0.928. The topological polar surface area (TPSA) is 79.5 Å². The van der Waals surface area contributed by atoms with Crippen LogP contribution in [0.15, 0.2) is 21.3 Å². The first-order valence-electron chi connectivity index (χ1n) is 6.53. The van der Waals surface area contributed by atoms with Gasteiger partial charge in [-0.3, -0.25) is 9.69 Å². The number of thiophene rings is 1. The van der Waals surface area contributed by atoms with Crippen molar-refractivity contribution in [1.29, 1.82) is 0 Å². The van der Waals surface area contributed by atoms with Crippen molar-refractivity contribution in [1.82, 2.24) is 15.0 Å². The van der Waals surface area contributed by atoms with Crippen LogP contribution in [0.1, 0.15) is 25.1 Å². The van der Waals surface area contributed by atoms with Crippen molar-refractivity contribution in [2.45, 2.75) is 31.8 Å². The summed E-state index contributed by atoms with van der Waals surface area (Å²) in [6.07, 6.45) is 2.12. The fourth-order valence-corrected chi connectivity index (χ4v) is 3.17. The van der Waals surface area contributed by atoms with E-state index in [1.54, 1.807) is 11.3 Å². The van der Waals surface area contributed by atoms with Gasteiger partial charge in [0.05, 0.1) is 18.5 Å². The molecule has 1 atom stereocenters. The van der Waals surface area contributed by atoms with E-state index >= 15 is 0 Å². The van der Waals surface area contributed by atoms with Crippen molar-refractivity contribution < 1.29 is 14.4 Å². The van der Waals surface area contributed by atoms with Crippen LogP contribution >= 0.6 is 11.3 Å². The number of carbonyl (C=O) groups is 1. The molecule has 0 saturated carbocycles. The van der Waals surface area contributed by atoms with Crippen molar-refractivity contribution in [3.63, 3.8) is 0 Å². The smallest absolute Gasteiger partial charge is 0.304 e. The normalized spacial score (nSPS) is 19.5. The van der Waals surface area contributed by atoms with Gasteiger partial charge in [0.25, 0.3) is 5.89 Å². The molecule has 1 aliphatic rings. The van der Waals surface area contributed by atoms with Gasteiger partial charge in [0, 0.05) is 11.4 Å². The Morgan fingerprint density at radius 2 is 2.50 bits per heavy atom. The molecule has 0 bridgehead atoms. The predicted octanol–water partition coefficient (Wildman–Crippen LogP) is 2.24. The molecule has 0 aliphatic carbocycles. The number of aliphatic carboxylic acids is 1. The Kier molecular flexibility index (Phi) is 3.79. The van der Waals surface area contributed by atoms with E-state index in [0.29, 0.717) is 18.3 Å². The second-order valence-corrected chi connectivity index (χ2v) is 5.67. The van der Waals surface area contributed by atoms with E-state index in [1.165, 1.54) is 0 Å². The van der Waals surface area contributed by atoms with Crippen molar-refractivity contribution in [2.75, 3.05) is 6.54 Å². The molecule has 7 heteroatoms. The van der Waals surface area contributed by atoms with Crippen LogP contribution in [0.4, 0.5) is 0 Å². The molecule has 1 aliphatic heterocycles. The van der Waals surface area contributed by atoms with Gasteiger partial charge in [-0.1, -0.05) is 5.16 Å². The summed E-state index contributed by atoms with van der Waals surface area (Å²) in [6, 6.07) is 2.01. The van der Waals surface area contributed by atoms with Crippen LogP contribution in [0.3, 0.4) is 0 Å². The number of carboxylic acids is 1. The molecule has 1 N–H and O–H groups in total. The predicted molar refractivity (Wildman–Crippen MR) is 73.3 cm³/mol. The zero-order valence-corrected chi connectivity index (χ0v) is 11.7. The Balaban J connectivity index is 1.67. The van der Waals surface area contributed by atoms with Crippen molar-refractivity contribution in [2.24, 2.45) is 0 Å². The summed E-state index contributed by atoms with van der Waals surface area (Å²) in [5, 5.41) is 16.8. The molecule has 1 saturated heterocycles. The highest BCUT2D eigenvalue weighted by molar-refractivity contribution is 7.08. The van der Waals surface area contributed by atoms with E-state index in [4.69, 9.17) is 9.63 Å². The Morgan fingerprint density at radius 1 is 1.60 bits per heavy atom. The average molecular weight is 293 g/mol. The van der Waals surface area contributed by atoms with E-state index in [1.807, 2.05) is 16.8 Å². The third kappa shape index (κ3) is 2.88. The highest BCUT2D eigenvalue weighted by atomic mass is 32.1. The third-order valence-electron chi connectivity index (χ3n) is 3.49. The summed E-state index contributed by atoms with van der Waals surface area (Å²) >= 11 is 1.58. The molecule has 0 aromatic carbocycles. The number of hydrogen-bond acceptors (Lipinski definition) is 6. The van der Waals surface area contributed by atoms with Gasteiger partial charge in [0.2, 0.25) is 0 Å². The van der Waals surface area contributed by atoms with Gasteiger partial charge in [0.1, 0.15) is 0 Å². The number of likely N-dealkylation sites (tertiary alicyclic amines) is 1. The van der Waals surface area contributed by atoms with Crippen LogP contribution in [0.5, 0.6) is 0 Å². The third-order valence-corrected chi connectivity index (χ3v) is 4.17. The Hall–Kier alpha value is -1.73. The Morgan fingerprint density at radius 3 is 3.25 bits per heavy atom. The highest BCUT2D eigenvalue weighted by Gasteiger charge is 2.27. The van der Waals surface area contributed by atoms with Crippen LogP contribution in [0.2, 0.25) is 0 Å². The van der Waals surface area contributed by atoms with Gasteiger partial charge in [-0.25, -0.2) is 0 Å². The van der Waals surface area contributed by atoms with E-state index in [0.717, 1.165) is 24.9 Å². The zero-order chi connectivity index (χ0) is 13.9. The summed E-state index contributed by atoms with van der Waals surface area (Å²) in [5.74, 6) is 0.382. The summed E-state index contributed by atoms with van der Waals surface area (Å²) in [4.78, 5) is 17.3. The summed E-state index contributed by atoms with van der Waals surface area (Å²) in [6.45, 7) is 1.44. The minimum absolute atomic E-state index is 0.0793. The van der Waals surface area contributed by atoms with Gasteiger partial charge < -0.3 is 9.63 Å². The molecule has 1 unspecified atom stereocenters. The van der Waals surface area contributed by atoms with E-state index in [9.17, 15) is 4.79 Å². The fraction of sp³-hybridized carbons (Fsp3) is 0.462. The number of hydrogen-bond donors (Lipinski definition) is 1. The SMILES string of the molecule is O=C(O)CC1CCCN1Cc1noc(-c2ccsc2)n1. The Bertz CT molecular complexity index is 581. The summed E-state index contributed by atoms with van der Waals surface area (Å²) < 4.78 is 5.24. The molecular weight excluding hydrogens is 278 g/mol. The lowest BCUT2D eigenvalue weighted by molar-refractivity contribution is -0.138. The first-order chi connectivity index (χ1) is 9.72. The quantitative estimate of drug-likeness (QED) is 0.910. The maximum Gasteiger partial charge on any atom is 0.304 e. The zero-order valence-electron chi connectivity index (χ0n) is 10.9. The molecule has 2 aromatic rings. The van der Waals surface area contributed by atoms with Crippen LogP contribution < -0.4 is 0 Å². The number of aromatic nitrogens is 2. The van der Waals surface area contributed by atoms with Crippen molar-refractivity contribution >= 4 is 17.3 Å². The lowest BCUT2D eigenvalue weighted by Gasteiger charge is -2.20. The molecule has 106 valence electrons. The average Bonchev–Trinajstić information content (AvgIpc) is 3.11. The van der Waals surface area contributed by atoms with Crippen molar-refractivity contribution in [3.8, 4) is 11.5 Å². The standard InChI is InChI=1S/C13H15N3O3S/c17-12(18)6-10-2-1-4-16(10)7-11-14-13(19-15-11)9-3-5-20-8-9/h3,5,8,10H,1-2,4,6-7H2,(H,17,18). The number of rotatable bonds is 5. The van der Waals surface area contributed by atoms with Crippen LogP contribution in [0.25, 0.3) is 11.5 Å². The second kappa shape index (κ2) is 5.72. The minimum atomic E-state index is -0.756. The lowest BCUT2D eigenvalue weighted by atomic mass is 10.1. The lowest BCUT2D eigenvalue weighted by Crippen LogP contribution is -2.31. The van der Waals surface area contributed by atoms with Crippen LogP contribution in [-0.2, 0) is 11.3 Å². The maximum atomic E-state index is 10.8. The molecule has 1 fully saturated rings. The first kappa shape index (κ1) is 13.3. The van der Waals surface area contributed by atoms with Crippen LogP contribution in [0, 0.1) is 0 Å². The van der Waals surface area contributed by atoms with Gasteiger partial charge in [-0.2, -0.15) is 16.3 Å². The van der Waals surface area contributed by atoms with Gasteiger partial charge in [-0.05, 0) is 30.8 Å². The van der Waals surface area contributed by atoms with E-state index in [-0.39, 0.29) is 12.5 Å². The van der Waals surface area contributed by atoms with Gasteiger partial charge in [-0.15, -0.1) is 0 Å². The second-order valence-electron chi connectivity index (χ2n) is 4.89. The molecule has 2 aromatic heterocycles. The maximum absolute atomic E-state index is 10.8. The van der Waals surface area contributed by atoms with E-state index in [2.05, 4.69) is 15.0 Å². The van der Waals surface area contributed by atoms with Gasteiger partial charge in [0.15, 0.2) is 5.82 Å². The molecule has 0 amide bonds.